The Morgan fingerprint density at radius 1 is 1.17 bits per heavy atom. The van der Waals surface area contributed by atoms with E-state index in [-0.39, 0.29) is 0 Å². The Hall–Kier alpha value is -1.45. The van der Waals surface area contributed by atoms with Crippen molar-refractivity contribution < 1.29 is 4.74 Å². The maximum absolute atomic E-state index is 5.12. The van der Waals surface area contributed by atoms with E-state index in [4.69, 9.17) is 4.74 Å². The van der Waals surface area contributed by atoms with Crippen molar-refractivity contribution in [3.63, 3.8) is 0 Å². The van der Waals surface area contributed by atoms with Gasteiger partial charge in [0.2, 0.25) is 0 Å². The average molecular weight is 244 g/mol. The summed E-state index contributed by atoms with van der Waals surface area (Å²) in [6.07, 6.45) is 5.93. The molecule has 1 aromatic carbocycles. The lowest BCUT2D eigenvalue weighted by Crippen LogP contribution is -2.06. The van der Waals surface area contributed by atoms with Gasteiger partial charge in [-0.15, -0.1) is 0 Å². The number of fused-ring (bicyclic) bond motifs is 1. The van der Waals surface area contributed by atoms with Crippen LogP contribution in [0.1, 0.15) is 17.5 Å². The molecule has 0 saturated heterocycles. The molecule has 1 aromatic heterocycles. The van der Waals surface area contributed by atoms with Crippen molar-refractivity contribution in [3.8, 4) is 0 Å². The van der Waals surface area contributed by atoms with Crippen LogP contribution in [0, 0.1) is 0 Å². The highest BCUT2D eigenvalue weighted by Gasteiger charge is 2.05. The molecule has 18 heavy (non-hydrogen) atoms. The molecule has 0 unspecified atom stereocenters. The summed E-state index contributed by atoms with van der Waals surface area (Å²) < 4.78 is 5.12. The first-order valence-corrected chi connectivity index (χ1v) is 6.35. The van der Waals surface area contributed by atoms with Crippen LogP contribution in [0.5, 0.6) is 0 Å². The van der Waals surface area contributed by atoms with E-state index in [1.54, 1.807) is 7.11 Å². The fourth-order valence-corrected chi connectivity index (χ4v) is 2.28. The molecule has 0 aliphatic carbocycles. The van der Waals surface area contributed by atoms with E-state index in [0.29, 0.717) is 0 Å². The molecule has 96 valence electrons. The zero-order valence-electron chi connectivity index (χ0n) is 11.1. The predicted molar refractivity (Wildman–Crippen MR) is 74.7 cm³/mol. The molecule has 1 N–H and O–H groups in total. The third-order valence-electron chi connectivity index (χ3n) is 3.16. The fourth-order valence-electron chi connectivity index (χ4n) is 2.28. The van der Waals surface area contributed by atoms with E-state index < -0.39 is 0 Å². The molecular formula is C15H20N2O. The third-order valence-corrected chi connectivity index (χ3v) is 3.16. The van der Waals surface area contributed by atoms with Gasteiger partial charge in [0, 0.05) is 38.0 Å². The van der Waals surface area contributed by atoms with Crippen LogP contribution in [0.2, 0.25) is 0 Å². The first-order chi connectivity index (χ1) is 8.86. The Bertz CT molecular complexity index is 511. The Kier molecular flexibility index (Phi) is 4.67. The highest BCUT2D eigenvalue weighted by molar-refractivity contribution is 5.87. The van der Waals surface area contributed by atoms with E-state index >= 15 is 0 Å². The molecule has 0 amide bonds. The van der Waals surface area contributed by atoms with Crippen LogP contribution < -0.4 is 5.32 Å². The first kappa shape index (κ1) is 13.0. The quantitative estimate of drug-likeness (QED) is 0.793. The zero-order valence-corrected chi connectivity index (χ0v) is 11.1. The van der Waals surface area contributed by atoms with Gasteiger partial charge in [-0.3, -0.25) is 4.98 Å². The number of nitrogens with one attached hydrogen (secondary N) is 1. The highest BCUT2D eigenvalue weighted by Crippen LogP contribution is 2.23. The van der Waals surface area contributed by atoms with Crippen LogP contribution in [0.15, 0.2) is 30.6 Å². The molecule has 0 saturated carbocycles. The van der Waals surface area contributed by atoms with Gasteiger partial charge in [-0.25, -0.2) is 0 Å². The van der Waals surface area contributed by atoms with Gasteiger partial charge in [-0.05, 0) is 42.5 Å². The van der Waals surface area contributed by atoms with E-state index in [1.165, 1.54) is 21.9 Å². The molecular weight excluding hydrogens is 224 g/mol. The summed E-state index contributed by atoms with van der Waals surface area (Å²) in [5.74, 6) is 0. The standard InChI is InChI=1S/C15H20N2O/c1-16-10-13-6-5-12(4-3-9-18-2)14-7-8-17-11-15(13)14/h5-8,11,16H,3-4,9-10H2,1-2H3. The lowest BCUT2D eigenvalue weighted by molar-refractivity contribution is 0.195. The zero-order chi connectivity index (χ0) is 12.8. The summed E-state index contributed by atoms with van der Waals surface area (Å²) in [6.45, 7) is 1.69. The van der Waals surface area contributed by atoms with E-state index in [2.05, 4.69) is 28.5 Å². The number of aryl methyl sites for hydroxylation is 1. The molecule has 1 heterocycles. The van der Waals surface area contributed by atoms with Crippen molar-refractivity contribution in [2.45, 2.75) is 19.4 Å². The molecule has 0 spiro atoms. The van der Waals surface area contributed by atoms with Crippen molar-refractivity contribution in [3.05, 3.63) is 41.7 Å². The van der Waals surface area contributed by atoms with Gasteiger partial charge in [0.15, 0.2) is 0 Å². The second kappa shape index (κ2) is 6.47. The Morgan fingerprint density at radius 2 is 2.00 bits per heavy atom. The minimum atomic E-state index is 0.810. The minimum Gasteiger partial charge on any atom is -0.385 e. The van der Waals surface area contributed by atoms with E-state index in [0.717, 1.165) is 26.0 Å². The Morgan fingerprint density at radius 3 is 2.78 bits per heavy atom. The number of benzene rings is 1. The van der Waals surface area contributed by atoms with Crippen molar-refractivity contribution in [2.75, 3.05) is 20.8 Å². The first-order valence-electron chi connectivity index (χ1n) is 6.35. The van der Waals surface area contributed by atoms with Gasteiger partial charge < -0.3 is 10.1 Å². The van der Waals surface area contributed by atoms with Crippen LogP contribution in [0.3, 0.4) is 0 Å². The van der Waals surface area contributed by atoms with Gasteiger partial charge >= 0.3 is 0 Å². The van der Waals surface area contributed by atoms with Crippen LogP contribution in [-0.4, -0.2) is 25.7 Å². The number of rotatable bonds is 6. The summed E-state index contributed by atoms with van der Waals surface area (Å²) in [6, 6.07) is 6.53. The topological polar surface area (TPSA) is 34.1 Å². The van der Waals surface area contributed by atoms with Crippen LogP contribution in [-0.2, 0) is 17.7 Å². The van der Waals surface area contributed by atoms with Crippen molar-refractivity contribution in [1.82, 2.24) is 10.3 Å². The maximum Gasteiger partial charge on any atom is 0.0465 e. The van der Waals surface area contributed by atoms with Crippen molar-refractivity contribution in [2.24, 2.45) is 0 Å². The number of aromatic nitrogens is 1. The second-order valence-corrected chi connectivity index (χ2v) is 4.43. The summed E-state index contributed by atoms with van der Waals surface area (Å²) in [4.78, 5) is 4.24. The normalized spacial score (nSPS) is 11.0. The Balaban J connectivity index is 2.34. The summed E-state index contributed by atoms with van der Waals surface area (Å²) >= 11 is 0. The monoisotopic (exact) mass is 244 g/mol. The molecule has 0 bridgehead atoms. The average Bonchev–Trinajstić information content (AvgIpc) is 2.41. The van der Waals surface area contributed by atoms with Gasteiger partial charge in [-0.2, -0.15) is 0 Å². The number of nitrogens with zero attached hydrogens (tertiary/aromatic N) is 1. The van der Waals surface area contributed by atoms with Crippen molar-refractivity contribution in [1.29, 1.82) is 0 Å². The summed E-state index contributed by atoms with van der Waals surface area (Å²) in [7, 11) is 3.72. The Labute approximate surface area is 108 Å². The highest BCUT2D eigenvalue weighted by atomic mass is 16.5. The third kappa shape index (κ3) is 2.86. The molecule has 2 aromatic rings. The number of methoxy groups -OCH3 is 1. The number of hydrogen-bond donors (Lipinski definition) is 1. The van der Waals surface area contributed by atoms with Gasteiger partial charge in [0.25, 0.3) is 0 Å². The van der Waals surface area contributed by atoms with Gasteiger partial charge in [0.05, 0.1) is 0 Å². The predicted octanol–water partition coefficient (Wildman–Crippen LogP) is 2.53. The molecule has 0 radical (unpaired) electrons. The molecule has 3 nitrogen and oxygen atoms in total. The summed E-state index contributed by atoms with van der Waals surface area (Å²) in [5, 5.41) is 5.77. The number of hydrogen-bond acceptors (Lipinski definition) is 3. The number of ether oxygens (including phenoxy) is 1. The molecule has 0 aliphatic rings. The molecule has 2 rings (SSSR count). The van der Waals surface area contributed by atoms with Gasteiger partial charge in [0.1, 0.15) is 0 Å². The summed E-state index contributed by atoms with van der Waals surface area (Å²) in [5.41, 5.74) is 2.68. The fraction of sp³-hybridized carbons (Fsp3) is 0.400. The lowest BCUT2D eigenvalue weighted by Gasteiger charge is -2.10. The molecule has 0 aliphatic heterocycles. The van der Waals surface area contributed by atoms with E-state index in [9.17, 15) is 0 Å². The molecule has 0 atom stereocenters. The van der Waals surface area contributed by atoms with Crippen LogP contribution in [0.4, 0.5) is 0 Å². The maximum atomic E-state index is 5.12. The van der Waals surface area contributed by atoms with E-state index in [1.807, 2.05) is 19.4 Å². The SMILES string of the molecule is CNCc1ccc(CCCOC)c2ccncc12. The molecule has 3 heteroatoms. The molecule has 0 fully saturated rings. The van der Waals surface area contributed by atoms with Crippen molar-refractivity contribution >= 4 is 10.8 Å². The number of pyridine rings is 1. The van der Waals surface area contributed by atoms with Gasteiger partial charge in [-0.1, -0.05) is 12.1 Å². The largest absolute Gasteiger partial charge is 0.385 e. The minimum absolute atomic E-state index is 0.810. The smallest absolute Gasteiger partial charge is 0.0465 e. The van der Waals surface area contributed by atoms with Crippen LogP contribution >= 0.6 is 0 Å². The van der Waals surface area contributed by atoms with Crippen LogP contribution in [0.25, 0.3) is 10.8 Å². The lowest BCUT2D eigenvalue weighted by atomic mass is 9.98. The second-order valence-electron chi connectivity index (χ2n) is 4.43.